The molecule has 0 saturated carbocycles. The molecule has 6 heteroatoms. The van der Waals surface area contributed by atoms with Gasteiger partial charge in [0.2, 0.25) is 0 Å². The van der Waals surface area contributed by atoms with Crippen molar-refractivity contribution >= 4 is 28.4 Å². The van der Waals surface area contributed by atoms with Crippen molar-refractivity contribution in [3.8, 4) is 0 Å². The summed E-state index contributed by atoms with van der Waals surface area (Å²) in [4.78, 5) is 11.3. The van der Waals surface area contributed by atoms with Crippen molar-refractivity contribution in [1.29, 1.82) is 0 Å². The number of benzene rings is 1. The van der Waals surface area contributed by atoms with Crippen LogP contribution < -0.4 is 0 Å². The van der Waals surface area contributed by atoms with E-state index in [1.54, 1.807) is 6.33 Å². The maximum Gasteiger partial charge on any atom is 0.252 e. The van der Waals surface area contributed by atoms with E-state index in [1.165, 1.54) is 27.7 Å². The number of hydrogen-bond donors (Lipinski definition) is 0. The van der Waals surface area contributed by atoms with Gasteiger partial charge in [0.25, 0.3) is 5.78 Å². The molecule has 1 aliphatic heterocycles. The molecule has 124 valence electrons. The molecule has 3 aromatic rings. The molecule has 0 spiro atoms. The molecular formula is C18H20IN5. The Balaban J connectivity index is 1.55. The molecule has 24 heavy (non-hydrogen) atoms. The SMILES string of the molecule is Cc1cc(C2CCCN(Cc3ccc(I)cc3)C2)n2ncnc2n1. The fraction of sp³-hybridized carbons (Fsp3) is 0.389. The zero-order valence-corrected chi connectivity index (χ0v) is 15.8. The van der Waals surface area contributed by atoms with Gasteiger partial charge in [0, 0.05) is 28.3 Å². The largest absolute Gasteiger partial charge is 0.298 e. The van der Waals surface area contributed by atoms with Crippen molar-refractivity contribution in [3.05, 3.63) is 57.2 Å². The van der Waals surface area contributed by atoms with Crippen LogP contribution in [0.5, 0.6) is 0 Å². The molecule has 0 radical (unpaired) electrons. The van der Waals surface area contributed by atoms with E-state index in [0.717, 1.165) is 25.3 Å². The Labute approximate surface area is 155 Å². The fourth-order valence-corrected chi connectivity index (χ4v) is 3.90. The van der Waals surface area contributed by atoms with E-state index in [2.05, 4.69) is 72.9 Å². The first kappa shape index (κ1) is 16.0. The van der Waals surface area contributed by atoms with Gasteiger partial charge in [-0.25, -0.2) is 9.50 Å². The first-order valence-electron chi connectivity index (χ1n) is 8.33. The summed E-state index contributed by atoms with van der Waals surface area (Å²) in [6.07, 6.45) is 4.01. The van der Waals surface area contributed by atoms with Gasteiger partial charge < -0.3 is 0 Å². The van der Waals surface area contributed by atoms with Crippen LogP contribution in [0.2, 0.25) is 0 Å². The van der Waals surface area contributed by atoms with Crippen LogP contribution in [0.1, 0.15) is 35.7 Å². The summed E-state index contributed by atoms with van der Waals surface area (Å²) in [5.74, 6) is 1.19. The minimum Gasteiger partial charge on any atom is -0.298 e. The van der Waals surface area contributed by atoms with E-state index < -0.39 is 0 Å². The average Bonchev–Trinajstić information content (AvgIpc) is 3.05. The van der Waals surface area contributed by atoms with Crippen molar-refractivity contribution < 1.29 is 0 Å². The Hall–Kier alpha value is -1.54. The number of piperidine rings is 1. The summed E-state index contributed by atoms with van der Waals surface area (Å²) < 4.78 is 3.19. The monoisotopic (exact) mass is 433 g/mol. The Morgan fingerprint density at radius 2 is 2.08 bits per heavy atom. The number of nitrogens with zero attached hydrogens (tertiary/aromatic N) is 5. The lowest BCUT2D eigenvalue weighted by Crippen LogP contribution is -2.34. The van der Waals surface area contributed by atoms with Gasteiger partial charge in [-0.3, -0.25) is 4.90 Å². The standard InChI is InChI=1S/C18H20IN5/c1-13-9-17(24-18(22-13)20-12-21-24)15-3-2-8-23(11-15)10-14-4-6-16(19)7-5-14/h4-7,9,12,15H,2-3,8,10-11H2,1H3. The third kappa shape index (κ3) is 3.30. The third-order valence-corrected chi connectivity index (χ3v) is 5.37. The Morgan fingerprint density at radius 3 is 2.92 bits per heavy atom. The molecule has 0 aliphatic carbocycles. The highest BCUT2D eigenvalue weighted by Crippen LogP contribution is 2.28. The molecule has 1 aromatic carbocycles. The van der Waals surface area contributed by atoms with E-state index >= 15 is 0 Å². The summed E-state index contributed by atoms with van der Waals surface area (Å²) in [7, 11) is 0. The number of halogens is 1. The molecule has 1 aliphatic rings. The quantitative estimate of drug-likeness (QED) is 0.594. The summed E-state index contributed by atoms with van der Waals surface area (Å²) >= 11 is 2.35. The fourth-order valence-electron chi connectivity index (χ4n) is 3.54. The van der Waals surface area contributed by atoms with Crippen molar-refractivity contribution in [2.24, 2.45) is 0 Å². The summed E-state index contributed by atoms with van der Waals surface area (Å²) in [6.45, 7) is 5.26. The lowest BCUT2D eigenvalue weighted by Gasteiger charge is -2.33. The first-order chi connectivity index (χ1) is 11.7. The maximum atomic E-state index is 4.46. The summed E-state index contributed by atoms with van der Waals surface area (Å²) in [5, 5.41) is 4.38. The van der Waals surface area contributed by atoms with Crippen molar-refractivity contribution in [1.82, 2.24) is 24.5 Å². The van der Waals surface area contributed by atoms with E-state index in [1.807, 2.05) is 11.4 Å². The van der Waals surface area contributed by atoms with Crippen LogP contribution in [0.25, 0.3) is 5.78 Å². The number of aromatic nitrogens is 4. The number of hydrogen-bond acceptors (Lipinski definition) is 4. The van der Waals surface area contributed by atoms with E-state index in [4.69, 9.17) is 0 Å². The van der Waals surface area contributed by atoms with E-state index in [9.17, 15) is 0 Å². The van der Waals surface area contributed by atoms with Crippen molar-refractivity contribution in [2.75, 3.05) is 13.1 Å². The van der Waals surface area contributed by atoms with E-state index in [-0.39, 0.29) is 0 Å². The second kappa shape index (κ2) is 6.76. The summed E-state index contributed by atoms with van der Waals surface area (Å²) in [5.41, 5.74) is 3.63. The second-order valence-electron chi connectivity index (χ2n) is 6.49. The van der Waals surface area contributed by atoms with Gasteiger partial charge in [-0.15, -0.1) is 0 Å². The molecule has 4 rings (SSSR count). The molecular weight excluding hydrogens is 413 g/mol. The minimum absolute atomic E-state index is 0.480. The van der Waals surface area contributed by atoms with Gasteiger partial charge >= 0.3 is 0 Å². The van der Waals surface area contributed by atoms with Crippen LogP contribution in [-0.2, 0) is 6.54 Å². The molecule has 3 heterocycles. The van der Waals surface area contributed by atoms with Gasteiger partial charge in [-0.05, 0) is 72.7 Å². The second-order valence-corrected chi connectivity index (χ2v) is 7.74. The lowest BCUT2D eigenvalue weighted by atomic mass is 9.93. The lowest BCUT2D eigenvalue weighted by molar-refractivity contribution is 0.197. The van der Waals surface area contributed by atoms with Gasteiger partial charge in [-0.1, -0.05) is 12.1 Å². The highest BCUT2D eigenvalue weighted by molar-refractivity contribution is 14.1. The van der Waals surface area contributed by atoms with Gasteiger partial charge in [-0.2, -0.15) is 10.1 Å². The van der Waals surface area contributed by atoms with Gasteiger partial charge in [0.1, 0.15) is 6.33 Å². The van der Waals surface area contributed by atoms with Crippen LogP contribution in [0.3, 0.4) is 0 Å². The maximum absolute atomic E-state index is 4.46. The van der Waals surface area contributed by atoms with Crippen LogP contribution in [-0.4, -0.2) is 37.6 Å². The molecule has 1 fully saturated rings. The molecule has 1 unspecified atom stereocenters. The smallest absolute Gasteiger partial charge is 0.252 e. The molecule has 5 nitrogen and oxygen atoms in total. The molecule has 1 atom stereocenters. The van der Waals surface area contributed by atoms with Crippen molar-refractivity contribution in [2.45, 2.75) is 32.2 Å². The third-order valence-electron chi connectivity index (χ3n) is 4.65. The molecule has 1 saturated heterocycles. The summed E-state index contributed by atoms with van der Waals surface area (Å²) in [6, 6.07) is 11.0. The predicted octanol–water partition coefficient (Wildman–Crippen LogP) is 3.42. The normalized spacial score (nSPS) is 19.0. The van der Waals surface area contributed by atoms with Crippen LogP contribution in [0.15, 0.2) is 36.7 Å². The highest BCUT2D eigenvalue weighted by Gasteiger charge is 2.24. The number of fused-ring (bicyclic) bond motifs is 1. The molecule has 0 amide bonds. The topological polar surface area (TPSA) is 46.3 Å². The zero-order chi connectivity index (χ0) is 16.5. The average molecular weight is 433 g/mol. The van der Waals surface area contributed by atoms with Gasteiger partial charge in [0.15, 0.2) is 0 Å². The Morgan fingerprint density at radius 1 is 1.25 bits per heavy atom. The predicted molar refractivity (Wildman–Crippen MR) is 102 cm³/mol. The molecule has 0 bridgehead atoms. The number of likely N-dealkylation sites (tertiary alicyclic amines) is 1. The molecule has 2 aromatic heterocycles. The minimum atomic E-state index is 0.480. The highest BCUT2D eigenvalue weighted by atomic mass is 127. The zero-order valence-electron chi connectivity index (χ0n) is 13.7. The van der Waals surface area contributed by atoms with Crippen LogP contribution in [0, 0.1) is 10.5 Å². The Bertz CT molecular complexity index is 842. The molecule has 0 N–H and O–H groups in total. The van der Waals surface area contributed by atoms with Gasteiger partial charge in [0.05, 0.1) is 5.69 Å². The first-order valence-corrected chi connectivity index (χ1v) is 9.41. The van der Waals surface area contributed by atoms with Crippen LogP contribution in [0.4, 0.5) is 0 Å². The Kier molecular flexibility index (Phi) is 4.49. The number of aryl methyl sites for hydroxylation is 1. The number of rotatable bonds is 3. The van der Waals surface area contributed by atoms with E-state index in [0.29, 0.717) is 11.7 Å². The van der Waals surface area contributed by atoms with Crippen molar-refractivity contribution in [3.63, 3.8) is 0 Å². The van der Waals surface area contributed by atoms with Crippen LogP contribution >= 0.6 is 22.6 Å².